The molecular weight excluding hydrogens is 304 g/mol. The summed E-state index contributed by atoms with van der Waals surface area (Å²) in [6.45, 7) is 2.60. The first-order valence-corrected chi connectivity index (χ1v) is 8.24. The minimum absolute atomic E-state index is 0.0325. The second-order valence-corrected chi connectivity index (χ2v) is 5.59. The predicted molar refractivity (Wildman–Crippen MR) is 92.9 cm³/mol. The number of hydrogen-bond acceptors (Lipinski definition) is 3. The molecule has 0 unspecified atom stereocenters. The summed E-state index contributed by atoms with van der Waals surface area (Å²) in [5.41, 5.74) is 0.531. The van der Waals surface area contributed by atoms with Crippen molar-refractivity contribution in [1.82, 2.24) is 0 Å². The third kappa shape index (κ3) is 4.44. The van der Waals surface area contributed by atoms with Crippen molar-refractivity contribution in [3.05, 3.63) is 65.2 Å². The molecule has 2 aromatic carbocycles. The largest absolute Gasteiger partial charge is 0.493 e. The number of ether oxygens (including phenoxy) is 1. The highest BCUT2D eigenvalue weighted by atomic mass is 16.5. The molecule has 0 fully saturated rings. The number of ketones is 1. The van der Waals surface area contributed by atoms with Gasteiger partial charge in [0.25, 0.3) is 0 Å². The van der Waals surface area contributed by atoms with Crippen molar-refractivity contribution in [2.45, 2.75) is 32.6 Å². The Morgan fingerprint density at radius 1 is 0.958 bits per heavy atom. The Hall–Kier alpha value is -2.62. The molecule has 126 valence electrons. The molecule has 0 spiro atoms. The van der Waals surface area contributed by atoms with Crippen molar-refractivity contribution in [2.24, 2.45) is 0 Å². The third-order valence-electron chi connectivity index (χ3n) is 3.78. The average Bonchev–Trinajstić information content (AvgIpc) is 2.61. The summed E-state index contributed by atoms with van der Waals surface area (Å²) in [7, 11) is 0. The van der Waals surface area contributed by atoms with E-state index in [1.165, 1.54) is 6.07 Å². The molecule has 24 heavy (non-hydrogen) atoms. The van der Waals surface area contributed by atoms with Crippen LogP contribution in [0.15, 0.2) is 48.5 Å². The summed E-state index contributed by atoms with van der Waals surface area (Å²) in [5.74, 6) is -1.14. The Morgan fingerprint density at radius 3 is 2.38 bits per heavy atom. The molecule has 0 amide bonds. The Labute approximate surface area is 142 Å². The van der Waals surface area contributed by atoms with E-state index in [0.717, 1.165) is 25.7 Å². The Bertz CT molecular complexity index is 692. The summed E-state index contributed by atoms with van der Waals surface area (Å²) in [6.07, 6.45) is 4.20. The summed E-state index contributed by atoms with van der Waals surface area (Å²) in [5, 5.41) is 9.42. The quantitative estimate of drug-likeness (QED) is 0.541. The van der Waals surface area contributed by atoms with Gasteiger partial charge in [-0.1, -0.05) is 62.6 Å². The molecule has 4 heteroatoms. The topological polar surface area (TPSA) is 63.6 Å². The van der Waals surface area contributed by atoms with Crippen molar-refractivity contribution in [3.8, 4) is 5.75 Å². The Morgan fingerprint density at radius 2 is 1.71 bits per heavy atom. The van der Waals surface area contributed by atoms with Gasteiger partial charge in [-0.2, -0.15) is 0 Å². The van der Waals surface area contributed by atoms with Gasteiger partial charge in [0, 0.05) is 5.56 Å². The number of benzene rings is 2. The molecule has 0 aliphatic rings. The lowest BCUT2D eigenvalue weighted by molar-refractivity contribution is 0.0692. The maximum absolute atomic E-state index is 12.8. The minimum atomic E-state index is -1.13. The van der Waals surface area contributed by atoms with Crippen LogP contribution in [0.25, 0.3) is 0 Å². The average molecular weight is 326 g/mol. The number of rotatable bonds is 9. The lowest BCUT2D eigenvalue weighted by Crippen LogP contribution is -2.13. The normalized spacial score (nSPS) is 10.4. The molecule has 0 aliphatic heterocycles. The van der Waals surface area contributed by atoms with E-state index in [-0.39, 0.29) is 16.9 Å². The first-order valence-electron chi connectivity index (χ1n) is 8.24. The second kappa shape index (κ2) is 8.87. The molecule has 0 radical (unpaired) electrons. The maximum Gasteiger partial charge on any atom is 0.336 e. The molecule has 0 aromatic heterocycles. The van der Waals surface area contributed by atoms with Crippen molar-refractivity contribution >= 4 is 11.8 Å². The van der Waals surface area contributed by atoms with Crippen LogP contribution in [-0.2, 0) is 0 Å². The highest BCUT2D eigenvalue weighted by Crippen LogP contribution is 2.26. The number of aromatic carboxylic acids is 1. The van der Waals surface area contributed by atoms with E-state index in [2.05, 4.69) is 6.92 Å². The zero-order valence-corrected chi connectivity index (χ0v) is 13.8. The van der Waals surface area contributed by atoms with Gasteiger partial charge in [0.15, 0.2) is 5.78 Å². The van der Waals surface area contributed by atoms with E-state index >= 15 is 0 Å². The minimum Gasteiger partial charge on any atom is -0.493 e. The summed E-state index contributed by atoms with van der Waals surface area (Å²) in [4.78, 5) is 24.3. The van der Waals surface area contributed by atoms with Crippen molar-refractivity contribution in [2.75, 3.05) is 6.61 Å². The predicted octanol–water partition coefficient (Wildman–Crippen LogP) is 4.57. The monoisotopic (exact) mass is 326 g/mol. The first kappa shape index (κ1) is 17.7. The lowest BCUT2D eigenvalue weighted by atomic mass is 9.97. The van der Waals surface area contributed by atoms with Gasteiger partial charge in [-0.3, -0.25) is 4.79 Å². The van der Waals surface area contributed by atoms with E-state index in [1.54, 1.807) is 36.4 Å². The highest BCUT2D eigenvalue weighted by molar-refractivity contribution is 6.15. The van der Waals surface area contributed by atoms with Gasteiger partial charge in [-0.25, -0.2) is 4.79 Å². The van der Waals surface area contributed by atoms with E-state index < -0.39 is 5.97 Å². The van der Waals surface area contributed by atoms with Crippen LogP contribution in [-0.4, -0.2) is 23.5 Å². The number of hydrogen-bond donors (Lipinski definition) is 1. The summed E-state index contributed by atoms with van der Waals surface area (Å²) in [6, 6.07) is 13.4. The molecule has 0 saturated carbocycles. The van der Waals surface area contributed by atoms with Crippen LogP contribution >= 0.6 is 0 Å². The standard InChI is InChI=1S/C20H22O4/c1-2-3-4-8-14-24-17-13-9-12-16(20(22)23)18(17)19(21)15-10-6-5-7-11-15/h5-7,9-13H,2-4,8,14H2,1H3,(H,22,23). The number of carboxylic acid groups (broad SMARTS) is 1. The van der Waals surface area contributed by atoms with E-state index in [1.807, 2.05) is 6.07 Å². The fourth-order valence-electron chi connectivity index (χ4n) is 2.51. The van der Waals surface area contributed by atoms with E-state index in [9.17, 15) is 14.7 Å². The third-order valence-corrected chi connectivity index (χ3v) is 3.78. The Balaban J connectivity index is 2.29. The second-order valence-electron chi connectivity index (χ2n) is 5.59. The van der Waals surface area contributed by atoms with Gasteiger partial charge < -0.3 is 9.84 Å². The molecule has 0 bridgehead atoms. The van der Waals surface area contributed by atoms with Gasteiger partial charge in [0.2, 0.25) is 0 Å². The molecule has 1 N–H and O–H groups in total. The number of carbonyl (C=O) groups excluding carboxylic acids is 1. The van der Waals surface area contributed by atoms with Crippen LogP contribution in [0.4, 0.5) is 0 Å². The zero-order chi connectivity index (χ0) is 17.4. The number of carboxylic acids is 1. The molecule has 0 heterocycles. The van der Waals surface area contributed by atoms with E-state index in [0.29, 0.717) is 17.9 Å². The maximum atomic E-state index is 12.8. The molecule has 0 atom stereocenters. The molecule has 0 aliphatic carbocycles. The molecule has 4 nitrogen and oxygen atoms in total. The first-order chi connectivity index (χ1) is 11.6. The van der Waals surface area contributed by atoms with Gasteiger partial charge in [-0.15, -0.1) is 0 Å². The van der Waals surface area contributed by atoms with Crippen LogP contribution in [0.3, 0.4) is 0 Å². The fourth-order valence-corrected chi connectivity index (χ4v) is 2.51. The van der Waals surface area contributed by atoms with Crippen LogP contribution < -0.4 is 4.74 Å². The summed E-state index contributed by atoms with van der Waals surface area (Å²) < 4.78 is 5.73. The van der Waals surface area contributed by atoms with E-state index in [4.69, 9.17) is 4.74 Å². The van der Waals surface area contributed by atoms with Gasteiger partial charge in [0.1, 0.15) is 5.75 Å². The van der Waals surface area contributed by atoms with Gasteiger partial charge >= 0.3 is 5.97 Å². The molecular formula is C20H22O4. The SMILES string of the molecule is CCCCCCOc1cccc(C(=O)O)c1C(=O)c1ccccc1. The van der Waals surface area contributed by atoms with Gasteiger partial charge in [-0.05, 0) is 18.6 Å². The number of unbranched alkanes of at least 4 members (excludes halogenated alkanes) is 3. The van der Waals surface area contributed by atoms with Crippen LogP contribution in [0.5, 0.6) is 5.75 Å². The lowest BCUT2D eigenvalue weighted by Gasteiger charge is -2.13. The fraction of sp³-hybridized carbons (Fsp3) is 0.300. The number of carbonyl (C=O) groups is 2. The van der Waals surface area contributed by atoms with Crippen molar-refractivity contribution < 1.29 is 19.4 Å². The molecule has 2 aromatic rings. The zero-order valence-electron chi connectivity index (χ0n) is 13.8. The van der Waals surface area contributed by atoms with Crippen LogP contribution in [0, 0.1) is 0 Å². The van der Waals surface area contributed by atoms with Crippen molar-refractivity contribution in [3.63, 3.8) is 0 Å². The van der Waals surface area contributed by atoms with Gasteiger partial charge in [0.05, 0.1) is 17.7 Å². The molecule has 0 saturated heterocycles. The Kier molecular flexibility index (Phi) is 6.55. The smallest absolute Gasteiger partial charge is 0.336 e. The molecule has 2 rings (SSSR count). The van der Waals surface area contributed by atoms with Crippen LogP contribution in [0.2, 0.25) is 0 Å². The highest BCUT2D eigenvalue weighted by Gasteiger charge is 2.22. The van der Waals surface area contributed by atoms with Crippen LogP contribution in [0.1, 0.15) is 58.9 Å². The van der Waals surface area contributed by atoms with Crippen molar-refractivity contribution in [1.29, 1.82) is 0 Å². The summed E-state index contributed by atoms with van der Waals surface area (Å²) >= 11 is 0.